The molecule has 31 heavy (non-hydrogen) atoms. The fraction of sp³-hybridized carbons (Fsp3) is 0.458. The molecule has 0 bridgehead atoms. The lowest BCUT2D eigenvalue weighted by Crippen LogP contribution is -2.52. The Kier molecular flexibility index (Phi) is 8.83. The highest BCUT2D eigenvalue weighted by Crippen LogP contribution is 2.27. The summed E-state index contributed by atoms with van der Waals surface area (Å²) in [5.41, 5.74) is 3.58. The third kappa shape index (κ3) is 6.26. The number of phenolic OH excluding ortho intramolecular Hbond substituents is 1. The van der Waals surface area contributed by atoms with Gasteiger partial charge in [-0.3, -0.25) is 9.89 Å². The average Bonchev–Trinajstić information content (AvgIpc) is 3.29. The smallest absolute Gasteiger partial charge is 0.194 e. The molecule has 2 aromatic rings. The Morgan fingerprint density at radius 1 is 0.903 bits per heavy atom. The second-order valence-corrected chi connectivity index (χ2v) is 8.16. The molecule has 0 aromatic heterocycles. The molecule has 2 aromatic carbocycles. The number of rotatable bonds is 5. The molecule has 168 valence electrons. The van der Waals surface area contributed by atoms with E-state index in [1.807, 2.05) is 25.2 Å². The second kappa shape index (κ2) is 11.6. The van der Waals surface area contributed by atoms with Crippen LogP contribution in [0.15, 0.2) is 53.5 Å². The van der Waals surface area contributed by atoms with Crippen LogP contribution < -0.4 is 10.2 Å². The third-order valence-corrected chi connectivity index (χ3v) is 6.09. The molecular weight excluding hydrogens is 501 g/mol. The van der Waals surface area contributed by atoms with Crippen LogP contribution in [-0.2, 0) is 13.1 Å². The van der Waals surface area contributed by atoms with Gasteiger partial charge in [0.25, 0.3) is 0 Å². The van der Waals surface area contributed by atoms with Gasteiger partial charge in [0.05, 0.1) is 5.69 Å². The normalized spacial score (nSPS) is 17.5. The van der Waals surface area contributed by atoms with E-state index in [9.17, 15) is 5.11 Å². The number of piperazine rings is 1. The van der Waals surface area contributed by atoms with Gasteiger partial charge in [0.15, 0.2) is 5.96 Å². The molecule has 2 aliphatic heterocycles. The Morgan fingerprint density at radius 2 is 1.55 bits per heavy atom. The highest BCUT2D eigenvalue weighted by Gasteiger charge is 2.21. The number of hydrogen-bond acceptors (Lipinski definition) is 4. The fourth-order valence-corrected chi connectivity index (χ4v) is 4.37. The Bertz CT molecular complexity index is 843. The summed E-state index contributed by atoms with van der Waals surface area (Å²) in [6.07, 6.45) is 2.67. The number of aromatic hydroxyl groups is 1. The van der Waals surface area contributed by atoms with Crippen LogP contribution in [0.5, 0.6) is 5.75 Å². The Morgan fingerprint density at radius 3 is 2.19 bits per heavy atom. The van der Waals surface area contributed by atoms with Crippen LogP contribution in [0.1, 0.15) is 24.0 Å². The van der Waals surface area contributed by atoms with Gasteiger partial charge in [-0.2, -0.15) is 0 Å². The minimum atomic E-state index is 0. The molecule has 2 saturated heterocycles. The monoisotopic (exact) mass is 535 g/mol. The first-order valence-electron chi connectivity index (χ1n) is 11.0. The quantitative estimate of drug-likeness (QED) is 0.349. The molecule has 2 fully saturated rings. The van der Waals surface area contributed by atoms with Crippen molar-refractivity contribution in [3.63, 3.8) is 0 Å². The lowest BCUT2D eigenvalue weighted by molar-refractivity contribution is 0.331. The van der Waals surface area contributed by atoms with Gasteiger partial charge < -0.3 is 20.2 Å². The largest absolute Gasteiger partial charge is 0.506 e. The van der Waals surface area contributed by atoms with Crippen molar-refractivity contribution < 1.29 is 5.11 Å². The number of benzene rings is 2. The van der Waals surface area contributed by atoms with Crippen LogP contribution in [0.4, 0.5) is 5.69 Å². The number of phenols is 1. The minimum Gasteiger partial charge on any atom is -0.506 e. The van der Waals surface area contributed by atoms with Crippen LogP contribution in [-0.4, -0.2) is 67.2 Å². The van der Waals surface area contributed by atoms with Gasteiger partial charge in [-0.15, -0.1) is 24.0 Å². The predicted molar refractivity (Wildman–Crippen MR) is 138 cm³/mol. The number of nitrogens with one attached hydrogen (secondary N) is 1. The van der Waals surface area contributed by atoms with Gasteiger partial charge in [-0.25, -0.2) is 0 Å². The van der Waals surface area contributed by atoms with Crippen molar-refractivity contribution in [1.82, 2.24) is 15.1 Å². The zero-order chi connectivity index (χ0) is 20.8. The van der Waals surface area contributed by atoms with E-state index in [1.54, 1.807) is 6.07 Å². The highest BCUT2D eigenvalue weighted by molar-refractivity contribution is 14.0. The van der Waals surface area contributed by atoms with E-state index in [0.717, 1.165) is 50.9 Å². The molecule has 0 atom stereocenters. The Hall–Kier alpha value is -2.00. The predicted octanol–water partition coefficient (Wildman–Crippen LogP) is 3.50. The molecule has 0 amide bonds. The van der Waals surface area contributed by atoms with Crippen molar-refractivity contribution >= 4 is 35.6 Å². The molecule has 2 heterocycles. The lowest BCUT2D eigenvalue weighted by atomic mass is 10.1. The topological polar surface area (TPSA) is 54.3 Å². The number of nitrogens with zero attached hydrogens (tertiary/aromatic N) is 4. The molecule has 0 unspecified atom stereocenters. The molecule has 0 aliphatic carbocycles. The maximum Gasteiger partial charge on any atom is 0.194 e. The number of hydrogen-bond donors (Lipinski definition) is 2. The van der Waals surface area contributed by atoms with Crippen molar-refractivity contribution in [2.45, 2.75) is 25.9 Å². The van der Waals surface area contributed by atoms with Crippen LogP contribution in [0.2, 0.25) is 0 Å². The molecule has 2 aliphatic rings. The summed E-state index contributed by atoms with van der Waals surface area (Å²) >= 11 is 0. The summed E-state index contributed by atoms with van der Waals surface area (Å²) in [6, 6.07) is 16.5. The molecule has 2 N–H and O–H groups in total. The summed E-state index contributed by atoms with van der Waals surface area (Å²) in [5.74, 6) is 1.29. The molecular formula is C24H34IN5O. The van der Waals surface area contributed by atoms with Gasteiger partial charge >= 0.3 is 0 Å². The van der Waals surface area contributed by atoms with E-state index >= 15 is 0 Å². The SMILES string of the molecule is CN=C(NCc1ccc(CN2CCCC2)cc1)N1CCN(c2ccccc2O)CC1.I. The lowest BCUT2D eigenvalue weighted by Gasteiger charge is -2.37. The van der Waals surface area contributed by atoms with Crippen molar-refractivity contribution in [3.05, 3.63) is 59.7 Å². The highest BCUT2D eigenvalue weighted by atomic mass is 127. The van der Waals surface area contributed by atoms with Crippen LogP contribution in [0, 0.1) is 0 Å². The van der Waals surface area contributed by atoms with Crippen LogP contribution in [0.3, 0.4) is 0 Å². The van der Waals surface area contributed by atoms with E-state index in [-0.39, 0.29) is 24.0 Å². The average molecular weight is 535 g/mol. The minimum absolute atomic E-state index is 0. The molecule has 0 spiro atoms. The van der Waals surface area contributed by atoms with E-state index in [4.69, 9.17) is 0 Å². The van der Waals surface area contributed by atoms with Crippen molar-refractivity contribution in [3.8, 4) is 5.75 Å². The fourth-order valence-electron chi connectivity index (χ4n) is 4.37. The van der Waals surface area contributed by atoms with E-state index in [0.29, 0.717) is 5.75 Å². The number of halogens is 1. The summed E-state index contributed by atoms with van der Waals surface area (Å²) in [4.78, 5) is 11.5. The number of likely N-dealkylation sites (tertiary alicyclic amines) is 1. The van der Waals surface area contributed by atoms with Gasteiger partial charge in [-0.1, -0.05) is 36.4 Å². The first-order valence-corrected chi connectivity index (χ1v) is 11.0. The van der Waals surface area contributed by atoms with Gasteiger partial charge in [0.1, 0.15) is 5.75 Å². The summed E-state index contributed by atoms with van der Waals surface area (Å²) < 4.78 is 0. The molecule has 0 saturated carbocycles. The molecule has 0 radical (unpaired) electrons. The van der Waals surface area contributed by atoms with Crippen LogP contribution >= 0.6 is 24.0 Å². The maximum atomic E-state index is 10.1. The van der Waals surface area contributed by atoms with E-state index in [1.165, 1.54) is 37.1 Å². The molecule has 7 heteroatoms. The molecule has 6 nitrogen and oxygen atoms in total. The first-order chi connectivity index (χ1) is 14.7. The van der Waals surface area contributed by atoms with Gasteiger partial charge in [0, 0.05) is 46.3 Å². The Labute approximate surface area is 203 Å². The summed E-state index contributed by atoms with van der Waals surface area (Å²) in [6.45, 7) is 7.79. The summed E-state index contributed by atoms with van der Waals surface area (Å²) in [7, 11) is 1.84. The standard InChI is InChI=1S/C24H33N5O.HI/c1-25-24(29-16-14-28(15-17-29)22-6-2-3-7-23(22)30)26-18-20-8-10-21(11-9-20)19-27-12-4-5-13-27;/h2-3,6-11,30H,4-5,12-19H2,1H3,(H,25,26);1H. The van der Waals surface area contributed by atoms with E-state index < -0.39 is 0 Å². The maximum absolute atomic E-state index is 10.1. The number of anilines is 1. The first kappa shape index (κ1) is 23.7. The van der Waals surface area contributed by atoms with Gasteiger partial charge in [-0.05, 0) is 49.2 Å². The Balaban J connectivity index is 0.00000272. The number of aliphatic imine (C=N–C) groups is 1. The second-order valence-electron chi connectivity index (χ2n) is 8.16. The third-order valence-electron chi connectivity index (χ3n) is 6.09. The zero-order valence-electron chi connectivity index (χ0n) is 18.3. The van der Waals surface area contributed by atoms with Crippen molar-refractivity contribution in [2.75, 3.05) is 51.2 Å². The van der Waals surface area contributed by atoms with Crippen LogP contribution in [0.25, 0.3) is 0 Å². The van der Waals surface area contributed by atoms with E-state index in [2.05, 4.69) is 49.3 Å². The molecule has 4 rings (SSSR count). The van der Waals surface area contributed by atoms with Gasteiger partial charge in [0.2, 0.25) is 0 Å². The number of guanidine groups is 1. The summed E-state index contributed by atoms with van der Waals surface area (Å²) in [5, 5.41) is 13.6. The number of para-hydroxylation sites is 2. The van der Waals surface area contributed by atoms with Crippen molar-refractivity contribution in [1.29, 1.82) is 0 Å². The van der Waals surface area contributed by atoms with Crippen molar-refractivity contribution in [2.24, 2.45) is 4.99 Å². The zero-order valence-corrected chi connectivity index (χ0v) is 20.7.